The highest BCUT2D eigenvalue weighted by Crippen LogP contribution is 2.21. The van der Waals surface area contributed by atoms with Crippen molar-refractivity contribution in [1.82, 2.24) is 15.0 Å². The highest BCUT2D eigenvalue weighted by Gasteiger charge is 2.10. The number of hydrogen-bond donors (Lipinski definition) is 0. The van der Waals surface area contributed by atoms with Crippen LogP contribution >= 0.6 is 0 Å². The van der Waals surface area contributed by atoms with Crippen molar-refractivity contribution in [2.45, 2.75) is 6.54 Å². The molecule has 1 aromatic heterocycles. The first-order chi connectivity index (χ1) is 9.72. The summed E-state index contributed by atoms with van der Waals surface area (Å²) in [6.45, 7) is 0.552. The molecule has 0 fully saturated rings. The minimum absolute atomic E-state index is 0.241. The van der Waals surface area contributed by atoms with Crippen molar-refractivity contribution in [3.63, 3.8) is 0 Å². The van der Waals surface area contributed by atoms with Crippen molar-refractivity contribution in [1.29, 1.82) is 0 Å². The Morgan fingerprint density at radius 1 is 1.00 bits per heavy atom. The fourth-order valence-corrected chi connectivity index (χ4v) is 1.97. The minimum Gasteiger partial charge on any atom is -0.247 e. The highest BCUT2D eigenvalue weighted by atomic mass is 19.1. The van der Waals surface area contributed by atoms with E-state index in [-0.39, 0.29) is 5.56 Å². The van der Waals surface area contributed by atoms with E-state index in [0.717, 1.165) is 11.6 Å². The standard InChI is InChI=1S/C15H11F2N3/c16-12-6-7-13(14(17)8-12)15-10-20(19-18-15)9-11-4-2-1-3-5-11/h1-8,10H,9H2. The summed E-state index contributed by atoms with van der Waals surface area (Å²) in [4.78, 5) is 0. The van der Waals surface area contributed by atoms with Crippen molar-refractivity contribution < 1.29 is 8.78 Å². The maximum absolute atomic E-state index is 13.7. The van der Waals surface area contributed by atoms with E-state index >= 15 is 0 Å². The Balaban J connectivity index is 1.87. The average molecular weight is 271 g/mol. The first-order valence-corrected chi connectivity index (χ1v) is 6.12. The summed E-state index contributed by atoms with van der Waals surface area (Å²) in [6.07, 6.45) is 1.64. The monoisotopic (exact) mass is 271 g/mol. The smallest absolute Gasteiger partial charge is 0.135 e. The Kier molecular flexibility index (Phi) is 3.25. The fourth-order valence-electron chi connectivity index (χ4n) is 1.97. The third-order valence-corrected chi connectivity index (χ3v) is 2.93. The molecule has 0 aliphatic heterocycles. The molecule has 20 heavy (non-hydrogen) atoms. The Morgan fingerprint density at radius 3 is 2.55 bits per heavy atom. The number of nitrogens with zero attached hydrogens (tertiary/aromatic N) is 3. The number of rotatable bonds is 3. The van der Waals surface area contributed by atoms with Crippen LogP contribution in [-0.2, 0) is 6.54 Å². The third kappa shape index (κ3) is 2.56. The van der Waals surface area contributed by atoms with Gasteiger partial charge in [0.15, 0.2) is 0 Å². The minimum atomic E-state index is -0.642. The van der Waals surface area contributed by atoms with Crippen LogP contribution in [0.15, 0.2) is 54.7 Å². The summed E-state index contributed by atoms with van der Waals surface area (Å²) in [5.41, 5.74) is 1.70. The van der Waals surface area contributed by atoms with Gasteiger partial charge in [0.25, 0.3) is 0 Å². The lowest BCUT2D eigenvalue weighted by Crippen LogP contribution is -1.99. The Morgan fingerprint density at radius 2 is 1.80 bits per heavy atom. The molecular weight excluding hydrogens is 260 g/mol. The molecular formula is C15H11F2N3. The summed E-state index contributed by atoms with van der Waals surface area (Å²) < 4.78 is 28.1. The van der Waals surface area contributed by atoms with Crippen molar-refractivity contribution in [2.75, 3.05) is 0 Å². The van der Waals surface area contributed by atoms with Crippen LogP contribution in [0, 0.1) is 11.6 Å². The molecule has 0 radical (unpaired) electrons. The van der Waals surface area contributed by atoms with Gasteiger partial charge in [0.05, 0.1) is 12.7 Å². The van der Waals surface area contributed by atoms with Crippen molar-refractivity contribution in [3.05, 3.63) is 71.9 Å². The van der Waals surface area contributed by atoms with Gasteiger partial charge in [-0.15, -0.1) is 5.10 Å². The molecule has 100 valence electrons. The van der Waals surface area contributed by atoms with Gasteiger partial charge in [-0.05, 0) is 17.7 Å². The first-order valence-electron chi connectivity index (χ1n) is 6.12. The molecule has 0 spiro atoms. The van der Waals surface area contributed by atoms with E-state index in [9.17, 15) is 8.78 Å². The zero-order chi connectivity index (χ0) is 13.9. The average Bonchev–Trinajstić information content (AvgIpc) is 2.88. The second-order valence-electron chi connectivity index (χ2n) is 4.41. The molecule has 0 saturated heterocycles. The number of halogens is 2. The predicted molar refractivity (Wildman–Crippen MR) is 70.9 cm³/mol. The van der Waals surface area contributed by atoms with Crippen LogP contribution in [0.5, 0.6) is 0 Å². The Labute approximate surface area is 114 Å². The van der Waals surface area contributed by atoms with Crippen LogP contribution < -0.4 is 0 Å². The summed E-state index contributed by atoms with van der Waals surface area (Å²) in [5, 5.41) is 7.88. The van der Waals surface area contributed by atoms with Crippen LogP contribution in [0.25, 0.3) is 11.3 Å². The second-order valence-corrected chi connectivity index (χ2v) is 4.41. The summed E-state index contributed by atoms with van der Waals surface area (Å²) >= 11 is 0. The number of benzene rings is 2. The zero-order valence-corrected chi connectivity index (χ0v) is 10.5. The molecule has 0 bridgehead atoms. The van der Waals surface area contributed by atoms with Gasteiger partial charge in [0.1, 0.15) is 17.3 Å². The summed E-state index contributed by atoms with van der Waals surface area (Å²) in [6, 6.07) is 13.2. The van der Waals surface area contributed by atoms with Crippen molar-refractivity contribution in [2.24, 2.45) is 0 Å². The van der Waals surface area contributed by atoms with Crippen LogP contribution in [0.2, 0.25) is 0 Å². The lowest BCUT2D eigenvalue weighted by Gasteiger charge is -2.00. The largest absolute Gasteiger partial charge is 0.247 e. The molecule has 5 heteroatoms. The molecule has 0 unspecified atom stereocenters. The molecule has 1 heterocycles. The van der Waals surface area contributed by atoms with Crippen LogP contribution in [0.4, 0.5) is 8.78 Å². The molecule has 0 saturated carbocycles. The van der Waals surface area contributed by atoms with E-state index in [1.54, 1.807) is 10.9 Å². The van der Waals surface area contributed by atoms with Gasteiger partial charge in [-0.1, -0.05) is 35.5 Å². The quantitative estimate of drug-likeness (QED) is 0.732. The molecule has 0 atom stereocenters. The van der Waals surface area contributed by atoms with Gasteiger partial charge in [-0.2, -0.15) is 0 Å². The van der Waals surface area contributed by atoms with E-state index in [2.05, 4.69) is 10.3 Å². The van der Waals surface area contributed by atoms with Crippen molar-refractivity contribution in [3.8, 4) is 11.3 Å². The zero-order valence-electron chi connectivity index (χ0n) is 10.5. The third-order valence-electron chi connectivity index (χ3n) is 2.93. The molecule has 0 aliphatic carbocycles. The van der Waals surface area contributed by atoms with E-state index in [1.165, 1.54) is 12.1 Å². The van der Waals surface area contributed by atoms with Crippen LogP contribution in [0.3, 0.4) is 0 Å². The number of aromatic nitrogens is 3. The van der Waals surface area contributed by atoms with E-state index in [0.29, 0.717) is 12.2 Å². The van der Waals surface area contributed by atoms with Gasteiger partial charge >= 0.3 is 0 Å². The van der Waals surface area contributed by atoms with Crippen molar-refractivity contribution >= 4 is 0 Å². The lowest BCUT2D eigenvalue weighted by atomic mass is 10.1. The van der Waals surface area contributed by atoms with E-state index < -0.39 is 11.6 Å². The lowest BCUT2D eigenvalue weighted by molar-refractivity contribution is 0.585. The van der Waals surface area contributed by atoms with Gasteiger partial charge in [0.2, 0.25) is 0 Å². The topological polar surface area (TPSA) is 30.7 Å². The van der Waals surface area contributed by atoms with E-state index in [1.807, 2.05) is 30.3 Å². The molecule has 0 aliphatic rings. The first kappa shape index (κ1) is 12.5. The summed E-state index contributed by atoms with van der Waals surface area (Å²) in [7, 11) is 0. The van der Waals surface area contributed by atoms with Gasteiger partial charge in [-0.3, -0.25) is 0 Å². The molecule has 3 rings (SSSR count). The van der Waals surface area contributed by atoms with Crippen LogP contribution in [0.1, 0.15) is 5.56 Å². The predicted octanol–water partition coefficient (Wildman–Crippen LogP) is 3.27. The maximum Gasteiger partial charge on any atom is 0.135 e. The molecule has 3 nitrogen and oxygen atoms in total. The summed E-state index contributed by atoms with van der Waals surface area (Å²) in [5.74, 6) is -1.25. The molecule has 0 amide bonds. The van der Waals surface area contributed by atoms with Gasteiger partial charge in [0, 0.05) is 11.6 Å². The van der Waals surface area contributed by atoms with Crippen LogP contribution in [-0.4, -0.2) is 15.0 Å². The highest BCUT2D eigenvalue weighted by molar-refractivity contribution is 5.58. The van der Waals surface area contributed by atoms with Gasteiger partial charge in [-0.25, -0.2) is 13.5 Å². The maximum atomic E-state index is 13.7. The fraction of sp³-hybridized carbons (Fsp3) is 0.0667. The SMILES string of the molecule is Fc1ccc(-c2cn(Cc3ccccc3)nn2)c(F)c1. The second kappa shape index (κ2) is 5.21. The van der Waals surface area contributed by atoms with E-state index in [4.69, 9.17) is 0 Å². The molecule has 3 aromatic rings. The Hall–Kier alpha value is -2.56. The Bertz CT molecular complexity index is 723. The molecule has 0 N–H and O–H groups in total. The molecule has 2 aromatic carbocycles. The normalized spacial score (nSPS) is 10.7. The number of hydrogen-bond acceptors (Lipinski definition) is 2. The van der Waals surface area contributed by atoms with Gasteiger partial charge < -0.3 is 0 Å².